The van der Waals surface area contributed by atoms with Crippen LogP contribution in [0.3, 0.4) is 0 Å². The van der Waals surface area contributed by atoms with Crippen molar-refractivity contribution in [1.82, 2.24) is 14.5 Å². The van der Waals surface area contributed by atoms with Crippen LogP contribution in [-0.4, -0.2) is 45.2 Å². The number of piperidine rings is 1. The Bertz CT molecular complexity index is 1130. The molecule has 3 aromatic rings. The summed E-state index contributed by atoms with van der Waals surface area (Å²) in [6, 6.07) is 8.48. The van der Waals surface area contributed by atoms with Crippen LogP contribution >= 0.6 is 0 Å². The van der Waals surface area contributed by atoms with E-state index >= 15 is 0 Å². The summed E-state index contributed by atoms with van der Waals surface area (Å²) in [5.41, 5.74) is 1.55. The highest BCUT2D eigenvalue weighted by atomic mass is 16.5. The highest BCUT2D eigenvalue weighted by Crippen LogP contribution is 2.35. The summed E-state index contributed by atoms with van der Waals surface area (Å²) in [6.07, 6.45) is 6.20. The second kappa shape index (κ2) is 10.0. The number of furan rings is 1. The van der Waals surface area contributed by atoms with Gasteiger partial charge in [0.2, 0.25) is 0 Å². The zero-order valence-corrected chi connectivity index (χ0v) is 18.9. The van der Waals surface area contributed by atoms with Gasteiger partial charge in [-0.15, -0.1) is 0 Å². The minimum atomic E-state index is -0.466. The number of hydrogen-bond acceptors (Lipinski definition) is 7. The van der Waals surface area contributed by atoms with Crippen LogP contribution in [0.25, 0.3) is 0 Å². The summed E-state index contributed by atoms with van der Waals surface area (Å²) in [4.78, 5) is 32.2. The van der Waals surface area contributed by atoms with E-state index in [2.05, 4.69) is 9.88 Å². The predicted molar refractivity (Wildman–Crippen MR) is 122 cm³/mol. The molecule has 8 heteroatoms. The van der Waals surface area contributed by atoms with Gasteiger partial charge in [0.05, 0.1) is 36.9 Å². The summed E-state index contributed by atoms with van der Waals surface area (Å²) in [5, 5.41) is 10.9. The molecule has 0 radical (unpaired) electrons. The van der Waals surface area contributed by atoms with E-state index in [0.29, 0.717) is 49.6 Å². The molecule has 1 atom stereocenters. The number of hydrogen-bond donors (Lipinski definition) is 1. The number of aromatic hydroxyl groups is 1. The van der Waals surface area contributed by atoms with Crippen molar-refractivity contribution in [3.63, 3.8) is 0 Å². The molecule has 4 rings (SSSR count). The predicted octanol–water partition coefficient (Wildman–Crippen LogP) is 3.26. The molecule has 1 aliphatic heterocycles. The Kier molecular flexibility index (Phi) is 6.93. The average Bonchev–Trinajstić information content (AvgIpc) is 3.34. The fourth-order valence-corrected chi connectivity index (χ4v) is 4.54. The lowest BCUT2D eigenvalue weighted by Crippen LogP contribution is -2.42. The topological polar surface area (TPSA) is 97.8 Å². The third-order valence-corrected chi connectivity index (χ3v) is 6.23. The maximum Gasteiger partial charge on any atom is 0.309 e. The van der Waals surface area contributed by atoms with Gasteiger partial charge in [-0.25, -0.2) is 0 Å². The van der Waals surface area contributed by atoms with Gasteiger partial charge in [0.1, 0.15) is 11.5 Å². The highest BCUT2D eigenvalue weighted by molar-refractivity contribution is 5.72. The van der Waals surface area contributed by atoms with Gasteiger partial charge in [-0.05, 0) is 75.7 Å². The molecule has 1 N–H and O–H groups in total. The molecular weight excluding hydrogens is 422 g/mol. The average molecular weight is 452 g/mol. The number of aromatic nitrogens is 2. The van der Waals surface area contributed by atoms with Crippen molar-refractivity contribution in [2.75, 3.05) is 19.7 Å². The number of ether oxygens (including phenoxy) is 1. The van der Waals surface area contributed by atoms with Crippen molar-refractivity contribution in [1.29, 1.82) is 0 Å². The van der Waals surface area contributed by atoms with E-state index in [0.717, 1.165) is 5.56 Å². The maximum atomic E-state index is 13.7. The zero-order valence-electron chi connectivity index (χ0n) is 18.9. The van der Waals surface area contributed by atoms with Crippen LogP contribution < -0.4 is 5.56 Å². The number of rotatable bonds is 7. The smallest absolute Gasteiger partial charge is 0.309 e. The summed E-state index contributed by atoms with van der Waals surface area (Å²) in [7, 11) is 0. The number of esters is 1. The lowest BCUT2D eigenvalue weighted by molar-refractivity contribution is -0.149. The molecule has 0 spiro atoms. The first kappa shape index (κ1) is 22.8. The van der Waals surface area contributed by atoms with Gasteiger partial charge >= 0.3 is 5.97 Å². The SMILES string of the molecule is CCOC(=O)C1CCN(C(c2ccncc2)c2c(O)cc(C)n(Cc3ccco3)c2=O)CC1. The van der Waals surface area contributed by atoms with E-state index in [1.807, 2.05) is 18.2 Å². The first-order valence-corrected chi connectivity index (χ1v) is 11.3. The Hall–Kier alpha value is -3.39. The molecule has 1 aliphatic rings. The number of nitrogens with zero attached hydrogens (tertiary/aromatic N) is 3. The summed E-state index contributed by atoms with van der Waals surface area (Å²) in [6.45, 7) is 5.44. The number of carbonyl (C=O) groups excluding carboxylic acids is 1. The molecule has 0 aromatic carbocycles. The van der Waals surface area contributed by atoms with Crippen molar-refractivity contribution in [2.24, 2.45) is 5.92 Å². The van der Waals surface area contributed by atoms with E-state index < -0.39 is 6.04 Å². The van der Waals surface area contributed by atoms with Crippen LogP contribution in [0.1, 0.15) is 48.4 Å². The second-order valence-corrected chi connectivity index (χ2v) is 8.30. The molecule has 0 bridgehead atoms. The number of pyridine rings is 2. The summed E-state index contributed by atoms with van der Waals surface area (Å²) < 4.78 is 12.3. The summed E-state index contributed by atoms with van der Waals surface area (Å²) >= 11 is 0. The van der Waals surface area contributed by atoms with Crippen molar-refractivity contribution in [2.45, 2.75) is 39.3 Å². The normalized spacial score (nSPS) is 15.9. The lowest BCUT2D eigenvalue weighted by Gasteiger charge is -2.37. The minimum Gasteiger partial charge on any atom is -0.507 e. The molecule has 0 aliphatic carbocycles. The zero-order chi connectivity index (χ0) is 23.4. The van der Waals surface area contributed by atoms with Crippen molar-refractivity contribution >= 4 is 5.97 Å². The molecule has 174 valence electrons. The van der Waals surface area contributed by atoms with Crippen LogP contribution in [0.4, 0.5) is 0 Å². The van der Waals surface area contributed by atoms with Crippen LogP contribution in [0, 0.1) is 12.8 Å². The monoisotopic (exact) mass is 451 g/mol. The molecule has 1 fully saturated rings. The van der Waals surface area contributed by atoms with Gasteiger partial charge in [-0.2, -0.15) is 0 Å². The first-order valence-electron chi connectivity index (χ1n) is 11.3. The Balaban J connectivity index is 1.72. The Morgan fingerprint density at radius 2 is 2.00 bits per heavy atom. The Morgan fingerprint density at radius 3 is 2.64 bits per heavy atom. The maximum absolute atomic E-state index is 13.7. The molecule has 0 amide bonds. The molecule has 33 heavy (non-hydrogen) atoms. The highest BCUT2D eigenvalue weighted by Gasteiger charge is 2.34. The number of aryl methyl sites for hydroxylation is 1. The van der Waals surface area contributed by atoms with Crippen molar-refractivity contribution in [3.05, 3.63) is 81.9 Å². The molecule has 1 unspecified atom stereocenters. The Morgan fingerprint density at radius 1 is 1.27 bits per heavy atom. The standard InChI is InChI=1S/C25H29N3O5/c1-3-32-25(31)19-8-12-27(13-9-19)23(18-6-10-26-11-7-18)22-21(29)15-17(2)28(24(22)30)16-20-5-4-14-33-20/h4-7,10-11,14-15,19,23,29H,3,8-9,12-13,16H2,1-2H3. The first-order chi connectivity index (χ1) is 16.0. The fraction of sp³-hybridized carbons (Fsp3) is 0.400. The van der Waals surface area contributed by atoms with E-state index in [1.54, 1.807) is 49.2 Å². The van der Waals surface area contributed by atoms with Crippen LogP contribution in [-0.2, 0) is 16.1 Å². The lowest BCUT2D eigenvalue weighted by atomic mass is 9.91. The third-order valence-electron chi connectivity index (χ3n) is 6.23. The van der Waals surface area contributed by atoms with Crippen molar-refractivity contribution in [3.8, 4) is 5.75 Å². The molecule has 3 aromatic heterocycles. The minimum absolute atomic E-state index is 0.0393. The summed E-state index contributed by atoms with van der Waals surface area (Å²) in [5.74, 6) is 0.299. The quantitative estimate of drug-likeness (QED) is 0.551. The van der Waals surface area contributed by atoms with Gasteiger partial charge in [0, 0.05) is 18.1 Å². The van der Waals surface area contributed by atoms with Crippen LogP contribution in [0.15, 0.2) is 58.2 Å². The molecule has 0 saturated carbocycles. The van der Waals surface area contributed by atoms with Gasteiger partial charge in [-0.1, -0.05) is 0 Å². The van der Waals surface area contributed by atoms with E-state index in [9.17, 15) is 14.7 Å². The van der Waals surface area contributed by atoms with Gasteiger partial charge in [-0.3, -0.25) is 19.5 Å². The third kappa shape index (κ3) is 4.85. The Labute approximate surface area is 192 Å². The molecular formula is C25H29N3O5. The van der Waals surface area contributed by atoms with Gasteiger partial charge in [0.25, 0.3) is 5.56 Å². The number of likely N-dealkylation sites (tertiary alicyclic amines) is 1. The molecule has 8 nitrogen and oxygen atoms in total. The van der Waals surface area contributed by atoms with Crippen LogP contribution in [0.5, 0.6) is 5.75 Å². The second-order valence-electron chi connectivity index (χ2n) is 8.30. The van der Waals surface area contributed by atoms with Crippen molar-refractivity contribution < 1.29 is 19.1 Å². The fourth-order valence-electron chi connectivity index (χ4n) is 4.54. The van der Waals surface area contributed by atoms with E-state index in [1.165, 1.54) is 0 Å². The molecule has 1 saturated heterocycles. The van der Waals surface area contributed by atoms with Gasteiger partial charge < -0.3 is 18.8 Å². The van der Waals surface area contributed by atoms with E-state index in [-0.39, 0.29) is 29.7 Å². The number of carbonyl (C=O) groups is 1. The largest absolute Gasteiger partial charge is 0.507 e. The molecule has 4 heterocycles. The van der Waals surface area contributed by atoms with Crippen LogP contribution in [0.2, 0.25) is 0 Å². The van der Waals surface area contributed by atoms with Gasteiger partial charge in [0.15, 0.2) is 0 Å². The van der Waals surface area contributed by atoms with E-state index in [4.69, 9.17) is 9.15 Å².